The van der Waals surface area contributed by atoms with Crippen molar-refractivity contribution in [1.82, 2.24) is 10.2 Å². The molecule has 2 heterocycles. The van der Waals surface area contributed by atoms with Crippen LogP contribution in [0.1, 0.15) is 17.2 Å². The van der Waals surface area contributed by atoms with Gasteiger partial charge in [0.05, 0.1) is 37.2 Å². The molecule has 2 N–H and O–H groups in total. The van der Waals surface area contributed by atoms with Crippen LogP contribution in [0.2, 0.25) is 0 Å². The molecule has 1 atom stereocenters. The highest BCUT2D eigenvalue weighted by molar-refractivity contribution is 6.00. The fraction of sp³-hybridized carbons (Fsp3) is 0.261. The highest BCUT2D eigenvalue weighted by Crippen LogP contribution is 2.35. The van der Waals surface area contributed by atoms with Crippen LogP contribution in [0.4, 0.5) is 10.5 Å². The third-order valence-corrected chi connectivity index (χ3v) is 5.39. The molecule has 0 aromatic heterocycles. The quantitative estimate of drug-likeness (QED) is 0.673. The Hall–Kier alpha value is -4.01. The first-order valence-corrected chi connectivity index (χ1v) is 9.98. The maximum Gasteiger partial charge on any atom is 0.338 e. The van der Waals surface area contributed by atoms with Gasteiger partial charge in [-0.2, -0.15) is 0 Å². The highest BCUT2D eigenvalue weighted by atomic mass is 16.5. The number of nitrogens with zero attached hydrogens (tertiary/aromatic N) is 1. The largest absolute Gasteiger partial charge is 0.497 e. The number of rotatable bonds is 6. The Morgan fingerprint density at radius 3 is 2.59 bits per heavy atom. The number of carbonyl (C=O) groups is 3. The molecule has 0 bridgehead atoms. The van der Waals surface area contributed by atoms with E-state index in [2.05, 4.69) is 10.6 Å². The third-order valence-electron chi connectivity index (χ3n) is 5.39. The van der Waals surface area contributed by atoms with Crippen molar-refractivity contribution < 1.29 is 28.6 Å². The molecule has 2 aliphatic rings. The van der Waals surface area contributed by atoms with E-state index in [-0.39, 0.29) is 13.2 Å². The predicted octanol–water partition coefficient (Wildman–Crippen LogP) is 2.53. The van der Waals surface area contributed by atoms with Gasteiger partial charge in [0.1, 0.15) is 24.7 Å². The maximum absolute atomic E-state index is 12.9. The van der Waals surface area contributed by atoms with Crippen molar-refractivity contribution in [1.29, 1.82) is 0 Å². The molecular weight excluding hydrogens is 414 g/mol. The Morgan fingerprint density at radius 1 is 1.16 bits per heavy atom. The van der Waals surface area contributed by atoms with Crippen molar-refractivity contribution in [2.24, 2.45) is 0 Å². The predicted molar refractivity (Wildman–Crippen MR) is 115 cm³/mol. The molecule has 0 unspecified atom stereocenters. The second-order valence-electron chi connectivity index (χ2n) is 7.43. The lowest BCUT2D eigenvalue weighted by Crippen LogP contribution is -2.49. The van der Waals surface area contributed by atoms with Crippen LogP contribution in [0.5, 0.6) is 11.5 Å². The summed E-state index contributed by atoms with van der Waals surface area (Å²) < 4.78 is 15.7. The standard InChI is InChI=1S/C23H23N3O6/c1-13-4-6-14(7-5-13)21-20-17(12-32-22(20)28)26(23(29)25-21)11-19(27)24-16-9-8-15(30-2)10-18(16)31-3/h4-10,21H,11-12H2,1-3H3,(H,24,27)(H,25,29)/t21-/m0/s1. The van der Waals surface area contributed by atoms with Crippen molar-refractivity contribution in [2.75, 3.05) is 32.7 Å². The number of methoxy groups -OCH3 is 2. The Kier molecular flexibility index (Phi) is 5.72. The van der Waals surface area contributed by atoms with Gasteiger partial charge in [-0.1, -0.05) is 29.8 Å². The summed E-state index contributed by atoms with van der Waals surface area (Å²) in [6.07, 6.45) is 0. The van der Waals surface area contributed by atoms with E-state index in [0.29, 0.717) is 28.5 Å². The third kappa shape index (κ3) is 3.96. The van der Waals surface area contributed by atoms with E-state index in [1.807, 2.05) is 31.2 Å². The topological polar surface area (TPSA) is 106 Å². The second kappa shape index (κ2) is 8.62. The van der Waals surface area contributed by atoms with Gasteiger partial charge in [0.2, 0.25) is 5.91 Å². The minimum absolute atomic E-state index is 0.0664. The number of esters is 1. The number of cyclic esters (lactones) is 1. The minimum atomic E-state index is -0.630. The van der Waals surface area contributed by atoms with Gasteiger partial charge >= 0.3 is 12.0 Å². The molecule has 9 nitrogen and oxygen atoms in total. The average Bonchev–Trinajstić information content (AvgIpc) is 3.18. The van der Waals surface area contributed by atoms with Crippen LogP contribution in [0.25, 0.3) is 0 Å². The number of benzene rings is 2. The van der Waals surface area contributed by atoms with Gasteiger partial charge in [-0.15, -0.1) is 0 Å². The summed E-state index contributed by atoms with van der Waals surface area (Å²) in [4.78, 5) is 39.3. The zero-order valence-corrected chi connectivity index (χ0v) is 17.9. The van der Waals surface area contributed by atoms with Crippen molar-refractivity contribution in [3.05, 3.63) is 64.9 Å². The molecular formula is C23H23N3O6. The van der Waals surface area contributed by atoms with Crippen molar-refractivity contribution in [3.63, 3.8) is 0 Å². The smallest absolute Gasteiger partial charge is 0.338 e. The first kappa shape index (κ1) is 21.2. The van der Waals surface area contributed by atoms with Crippen molar-refractivity contribution in [3.8, 4) is 11.5 Å². The summed E-state index contributed by atoms with van der Waals surface area (Å²) in [7, 11) is 3.01. The van der Waals surface area contributed by atoms with Crippen LogP contribution in [0, 0.1) is 6.92 Å². The monoisotopic (exact) mass is 437 g/mol. The number of ether oxygens (including phenoxy) is 3. The number of carbonyl (C=O) groups excluding carboxylic acids is 3. The maximum atomic E-state index is 12.9. The van der Waals surface area contributed by atoms with Crippen molar-refractivity contribution in [2.45, 2.75) is 13.0 Å². The van der Waals surface area contributed by atoms with E-state index < -0.39 is 23.9 Å². The van der Waals surface area contributed by atoms with Crippen LogP contribution < -0.4 is 20.1 Å². The lowest BCUT2D eigenvalue weighted by molar-refractivity contribution is -0.136. The Morgan fingerprint density at radius 2 is 1.91 bits per heavy atom. The minimum Gasteiger partial charge on any atom is -0.497 e. The van der Waals surface area contributed by atoms with Crippen LogP contribution in [0.3, 0.4) is 0 Å². The summed E-state index contributed by atoms with van der Waals surface area (Å²) in [6, 6.07) is 11.4. The summed E-state index contributed by atoms with van der Waals surface area (Å²) in [5.74, 6) is 0.0322. The molecule has 0 saturated carbocycles. The van der Waals surface area contributed by atoms with E-state index in [1.165, 1.54) is 19.1 Å². The van der Waals surface area contributed by atoms with Crippen LogP contribution in [-0.2, 0) is 14.3 Å². The SMILES string of the molecule is COc1ccc(NC(=O)CN2C(=O)N[C@@H](c3ccc(C)cc3)C3=C2COC3=O)c(OC)c1. The first-order valence-electron chi connectivity index (χ1n) is 9.98. The van der Waals surface area contributed by atoms with E-state index >= 15 is 0 Å². The molecule has 4 rings (SSSR count). The van der Waals surface area contributed by atoms with Crippen molar-refractivity contribution >= 4 is 23.6 Å². The molecule has 0 spiro atoms. The molecule has 2 aromatic rings. The summed E-state index contributed by atoms with van der Waals surface area (Å²) in [6.45, 7) is 1.59. The fourth-order valence-corrected chi connectivity index (χ4v) is 3.72. The normalized spacial score (nSPS) is 17.5. The van der Waals surface area contributed by atoms with Gasteiger partial charge in [-0.05, 0) is 24.6 Å². The first-order chi connectivity index (χ1) is 15.4. The molecule has 166 valence electrons. The Bertz CT molecular complexity index is 1110. The summed E-state index contributed by atoms with van der Waals surface area (Å²) in [5, 5.41) is 5.55. The summed E-state index contributed by atoms with van der Waals surface area (Å²) >= 11 is 0. The number of anilines is 1. The van der Waals surface area contributed by atoms with E-state index in [1.54, 1.807) is 18.2 Å². The van der Waals surface area contributed by atoms with E-state index in [9.17, 15) is 14.4 Å². The number of urea groups is 1. The summed E-state index contributed by atoms with van der Waals surface area (Å²) in [5.41, 5.74) is 2.99. The number of hydrogen-bond acceptors (Lipinski definition) is 6. The van der Waals surface area contributed by atoms with Gasteiger partial charge in [-0.25, -0.2) is 9.59 Å². The highest BCUT2D eigenvalue weighted by Gasteiger charge is 2.42. The van der Waals surface area contributed by atoms with Crippen LogP contribution in [-0.4, -0.2) is 50.2 Å². The van der Waals surface area contributed by atoms with Crippen LogP contribution >= 0.6 is 0 Å². The molecule has 2 aliphatic heterocycles. The fourth-order valence-electron chi connectivity index (χ4n) is 3.72. The number of aryl methyl sites for hydroxylation is 1. The van der Waals surface area contributed by atoms with E-state index in [0.717, 1.165) is 11.1 Å². The number of nitrogens with one attached hydrogen (secondary N) is 2. The van der Waals surface area contributed by atoms with Gasteiger partial charge in [0, 0.05) is 6.07 Å². The zero-order valence-electron chi connectivity index (χ0n) is 17.9. The molecule has 0 radical (unpaired) electrons. The Labute approximate surface area is 184 Å². The molecule has 0 aliphatic carbocycles. The number of amides is 3. The number of hydrogen-bond donors (Lipinski definition) is 2. The molecule has 3 amide bonds. The van der Waals surface area contributed by atoms with Gasteiger partial charge in [0.15, 0.2) is 0 Å². The Balaban J connectivity index is 1.57. The van der Waals surface area contributed by atoms with E-state index in [4.69, 9.17) is 14.2 Å². The molecule has 32 heavy (non-hydrogen) atoms. The average molecular weight is 437 g/mol. The lowest BCUT2D eigenvalue weighted by atomic mass is 9.95. The molecule has 0 fully saturated rings. The molecule has 0 saturated heterocycles. The molecule has 2 aromatic carbocycles. The zero-order chi connectivity index (χ0) is 22.8. The van der Waals surface area contributed by atoms with Gasteiger partial charge in [0.25, 0.3) is 0 Å². The van der Waals surface area contributed by atoms with Gasteiger partial charge in [-0.3, -0.25) is 9.69 Å². The second-order valence-corrected chi connectivity index (χ2v) is 7.43. The molecule has 9 heteroatoms. The lowest BCUT2D eigenvalue weighted by Gasteiger charge is -2.32. The van der Waals surface area contributed by atoms with Gasteiger partial charge < -0.3 is 24.8 Å². The van der Waals surface area contributed by atoms with Crippen LogP contribution in [0.15, 0.2) is 53.7 Å².